The Bertz CT molecular complexity index is 895. The third-order valence-electron chi connectivity index (χ3n) is 3.33. The van der Waals surface area contributed by atoms with Crippen LogP contribution in [0.15, 0.2) is 60.9 Å². The minimum absolute atomic E-state index is 0. The van der Waals surface area contributed by atoms with Gasteiger partial charge in [0, 0.05) is 28.6 Å². The van der Waals surface area contributed by atoms with Crippen molar-refractivity contribution < 1.29 is 21.1 Å². The number of fused-ring (bicyclic) bond motifs is 5. The summed E-state index contributed by atoms with van der Waals surface area (Å²) < 4.78 is 0. The third kappa shape index (κ3) is 6.70. The van der Waals surface area contributed by atoms with Crippen LogP contribution in [0.1, 0.15) is 41.5 Å². The van der Waals surface area contributed by atoms with E-state index >= 15 is 0 Å². The van der Waals surface area contributed by atoms with E-state index in [-0.39, 0.29) is 21.1 Å². The molecule has 0 aliphatic rings. The van der Waals surface area contributed by atoms with Crippen LogP contribution in [-0.4, -0.2) is 9.97 Å². The zero-order chi connectivity index (χ0) is 19.1. The van der Waals surface area contributed by atoms with E-state index in [1.54, 1.807) is 0 Å². The van der Waals surface area contributed by atoms with E-state index in [0.717, 1.165) is 27.2 Å². The number of aromatic nitrogens is 2. The van der Waals surface area contributed by atoms with Crippen LogP contribution in [-0.2, 0) is 21.1 Å². The largest absolute Gasteiger partial charge is 2.00 e. The van der Waals surface area contributed by atoms with Crippen LogP contribution in [0.25, 0.3) is 32.6 Å². The molecular formula is C24H28N2Pt. The van der Waals surface area contributed by atoms with Crippen LogP contribution in [0.2, 0.25) is 0 Å². The van der Waals surface area contributed by atoms with Gasteiger partial charge in [0.1, 0.15) is 0 Å². The van der Waals surface area contributed by atoms with E-state index in [1.165, 1.54) is 17.2 Å². The van der Waals surface area contributed by atoms with Crippen molar-refractivity contribution in [1.82, 2.24) is 9.97 Å². The molecule has 0 amide bonds. The quantitative estimate of drug-likeness (QED) is 0.175. The van der Waals surface area contributed by atoms with Gasteiger partial charge in [0.2, 0.25) is 0 Å². The van der Waals surface area contributed by atoms with Crippen LogP contribution in [0.3, 0.4) is 0 Å². The van der Waals surface area contributed by atoms with Crippen molar-refractivity contribution >= 4 is 32.6 Å². The van der Waals surface area contributed by atoms with Crippen molar-refractivity contribution in [2.24, 2.45) is 0 Å². The molecule has 2 heterocycles. The Morgan fingerprint density at radius 3 is 1.26 bits per heavy atom. The van der Waals surface area contributed by atoms with E-state index in [4.69, 9.17) is 0 Å². The van der Waals surface area contributed by atoms with E-state index in [0.29, 0.717) is 0 Å². The molecule has 4 aromatic rings. The molecule has 0 spiro atoms. The summed E-state index contributed by atoms with van der Waals surface area (Å²) in [6.45, 7) is 12.5. The Kier molecular flexibility index (Phi) is 9.59. The fourth-order valence-electron chi connectivity index (χ4n) is 2.49. The fourth-order valence-corrected chi connectivity index (χ4v) is 2.49. The number of hydrogen-bond donors (Lipinski definition) is 0. The third-order valence-corrected chi connectivity index (χ3v) is 3.33. The summed E-state index contributed by atoms with van der Waals surface area (Å²) in [6, 6.07) is 16.6. The van der Waals surface area contributed by atoms with E-state index in [2.05, 4.69) is 87.9 Å². The fraction of sp³-hybridized carbons (Fsp3) is 0.250. The summed E-state index contributed by atoms with van der Waals surface area (Å²) in [4.78, 5) is 9.04. The molecule has 0 radical (unpaired) electrons. The average Bonchev–Trinajstić information content (AvgIpc) is 2.60. The Morgan fingerprint density at radius 1 is 0.556 bits per heavy atom. The molecule has 144 valence electrons. The first-order valence-corrected chi connectivity index (χ1v) is 8.95. The van der Waals surface area contributed by atoms with Crippen LogP contribution < -0.4 is 0 Å². The summed E-state index contributed by atoms with van der Waals surface area (Å²) >= 11 is 0. The molecule has 0 fully saturated rings. The van der Waals surface area contributed by atoms with Crippen LogP contribution in [0, 0.1) is 11.8 Å². The predicted molar refractivity (Wildman–Crippen MR) is 115 cm³/mol. The molecule has 0 saturated heterocycles. The summed E-state index contributed by atoms with van der Waals surface area (Å²) in [6.07, 6.45) is 3.67. The Morgan fingerprint density at radius 2 is 0.889 bits per heavy atom. The zero-order valence-electron chi connectivity index (χ0n) is 17.0. The smallest absolute Gasteiger partial charge is 0.323 e. The average molecular weight is 540 g/mol. The minimum atomic E-state index is 0. The van der Waals surface area contributed by atoms with Crippen molar-refractivity contribution in [3.8, 4) is 0 Å². The summed E-state index contributed by atoms with van der Waals surface area (Å²) in [5.74, 6) is 2.83. The molecule has 0 unspecified atom stereocenters. The normalized spacial score (nSPS) is 10.2. The number of pyridine rings is 2. The number of hydrogen-bond acceptors (Lipinski definition) is 2. The SMILES string of the molecule is C[C-](C)C.C[C-](C)C.[Pt+2].c1cnc2c(c1)ccc1ccc3cccnc3c12. The standard InChI is InChI=1S/C16H10N2.2C4H9.Pt/c1-3-12-7-5-11-6-8-13-4-2-10-18-16(13)14(11)15(12)17-9-1;2*1-4(2)3;/h1-10H;2*1-3H3;/q;2*-1;+2. The molecule has 3 heteroatoms. The molecule has 27 heavy (non-hydrogen) atoms. The van der Waals surface area contributed by atoms with E-state index in [9.17, 15) is 0 Å². The van der Waals surface area contributed by atoms with Gasteiger partial charge in [-0.1, -0.05) is 36.4 Å². The Hall–Kier alpha value is -1.79. The van der Waals surface area contributed by atoms with Gasteiger partial charge in [-0.2, -0.15) is 41.5 Å². The minimum Gasteiger partial charge on any atom is -0.323 e. The number of benzene rings is 2. The molecule has 0 saturated carbocycles. The molecule has 0 N–H and O–H groups in total. The maximum atomic E-state index is 4.52. The van der Waals surface area contributed by atoms with Gasteiger partial charge in [-0.25, -0.2) is 0 Å². The molecule has 0 atom stereocenters. The van der Waals surface area contributed by atoms with Crippen molar-refractivity contribution in [3.05, 3.63) is 72.8 Å². The zero-order valence-corrected chi connectivity index (χ0v) is 19.3. The van der Waals surface area contributed by atoms with Gasteiger partial charge in [-0.3, -0.25) is 9.97 Å². The monoisotopic (exact) mass is 539 g/mol. The topological polar surface area (TPSA) is 25.8 Å². The second-order valence-electron chi connectivity index (χ2n) is 7.38. The maximum Gasteiger partial charge on any atom is 2.00 e. The van der Waals surface area contributed by atoms with Gasteiger partial charge < -0.3 is 11.8 Å². The molecule has 0 bridgehead atoms. The predicted octanol–water partition coefficient (Wildman–Crippen LogP) is 7.17. The summed E-state index contributed by atoms with van der Waals surface area (Å²) in [5.41, 5.74) is 2.05. The van der Waals surface area contributed by atoms with E-state index < -0.39 is 0 Å². The second-order valence-corrected chi connectivity index (χ2v) is 7.38. The molecule has 4 rings (SSSR count). The molecule has 0 aliphatic carbocycles. The van der Waals surface area contributed by atoms with E-state index in [1.807, 2.05) is 24.5 Å². The van der Waals surface area contributed by atoms with Crippen molar-refractivity contribution in [1.29, 1.82) is 0 Å². The van der Waals surface area contributed by atoms with Crippen molar-refractivity contribution in [2.45, 2.75) is 41.5 Å². The van der Waals surface area contributed by atoms with Gasteiger partial charge in [-0.05, 0) is 17.5 Å². The molecular weight excluding hydrogens is 511 g/mol. The number of rotatable bonds is 0. The molecule has 2 nitrogen and oxygen atoms in total. The molecule has 2 aromatic carbocycles. The first kappa shape index (κ1) is 23.2. The summed E-state index contributed by atoms with van der Waals surface area (Å²) in [7, 11) is 0. The Balaban J connectivity index is 0.000000350. The molecule has 2 aromatic heterocycles. The number of nitrogens with zero attached hydrogens (tertiary/aromatic N) is 2. The van der Waals surface area contributed by atoms with Gasteiger partial charge in [0.05, 0.1) is 11.0 Å². The van der Waals surface area contributed by atoms with Gasteiger partial charge in [0.15, 0.2) is 0 Å². The second kappa shape index (κ2) is 11.1. The van der Waals surface area contributed by atoms with Crippen molar-refractivity contribution in [2.75, 3.05) is 0 Å². The van der Waals surface area contributed by atoms with Crippen LogP contribution in [0.5, 0.6) is 0 Å². The van der Waals surface area contributed by atoms with Crippen LogP contribution in [0.4, 0.5) is 0 Å². The van der Waals surface area contributed by atoms with Gasteiger partial charge in [0.25, 0.3) is 0 Å². The van der Waals surface area contributed by atoms with Crippen molar-refractivity contribution in [3.63, 3.8) is 0 Å². The first-order valence-electron chi connectivity index (χ1n) is 8.95. The Labute approximate surface area is 177 Å². The molecule has 0 aliphatic heterocycles. The van der Waals surface area contributed by atoms with Gasteiger partial charge in [-0.15, -0.1) is 0 Å². The van der Waals surface area contributed by atoms with Gasteiger partial charge >= 0.3 is 21.1 Å². The maximum absolute atomic E-state index is 4.52. The summed E-state index contributed by atoms with van der Waals surface area (Å²) in [5, 5.41) is 4.64. The van der Waals surface area contributed by atoms with Crippen LogP contribution >= 0.6 is 0 Å². The first-order chi connectivity index (χ1) is 12.4.